The van der Waals surface area contributed by atoms with Gasteiger partial charge in [-0.1, -0.05) is 29.8 Å². The summed E-state index contributed by atoms with van der Waals surface area (Å²) in [6, 6.07) is 21.6. The number of esters is 1. The number of nitrogens with zero attached hydrogens (tertiary/aromatic N) is 2. The molecule has 0 bridgehead atoms. The Kier molecular flexibility index (Phi) is 6.19. The number of anilines is 1. The van der Waals surface area contributed by atoms with E-state index in [4.69, 9.17) is 10.00 Å². The van der Waals surface area contributed by atoms with Crippen LogP contribution in [-0.2, 0) is 21.4 Å². The van der Waals surface area contributed by atoms with Crippen molar-refractivity contribution in [3.05, 3.63) is 95.1 Å². The first kappa shape index (κ1) is 21.1. The van der Waals surface area contributed by atoms with Crippen molar-refractivity contribution in [1.29, 1.82) is 5.26 Å². The number of carbonyl (C=O) groups is 1. The summed E-state index contributed by atoms with van der Waals surface area (Å²) in [6.07, 6.45) is 0. The third-order valence-corrected chi connectivity index (χ3v) is 6.40. The third kappa shape index (κ3) is 4.67. The molecule has 0 saturated carbocycles. The first-order chi connectivity index (χ1) is 14.3. The monoisotopic (exact) mass is 420 g/mol. The molecule has 0 radical (unpaired) electrons. The normalized spacial score (nSPS) is 10.8. The lowest BCUT2D eigenvalue weighted by molar-refractivity contribution is 0.0472. The van der Waals surface area contributed by atoms with Crippen LogP contribution in [0.15, 0.2) is 77.7 Å². The predicted octanol–water partition coefficient (Wildman–Crippen LogP) is 4.05. The lowest BCUT2D eigenvalue weighted by Gasteiger charge is -2.20. The minimum absolute atomic E-state index is 0.0774. The zero-order chi connectivity index (χ0) is 21.7. The van der Waals surface area contributed by atoms with Gasteiger partial charge in [-0.25, -0.2) is 13.2 Å². The van der Waals surface area contributed by atoms with Crippen LogP contribution in [0, 0.1) is 18.3 Å². The van der Waals surface area contributed by atoms with Crippen LogP contribution >= 0.6 is 0 Å². The van der Waals surface area contributed by atoms with E-state index in [9.17, 15) is 13.2 Å². The molecule has 3 aromatic rings. The summed E-state index contributed by atoms with van der Waals surface area (Å²) in [6.45, 7) is 1.97. The quantitative estimate of drug-likeness (QED) is 0.562. The maximum atomic E-state index is 12.8. The molecule has 0 aliphatic rings. The van der Waals surface area contributed by atoms with Gasteiger partial charge in [-0.3, -0.25) is 4.31 Å². The number of ether oxygens (including phenoxy) is 1. The minimum atomic E-state index is -3.70. The lowest BCUT2D eigenvalue weighted by Crippen LogP contribution is -2.26. The van der Waals surface area contributed by atoms with Crippen LogP contribution in [0.25, 0.3) is 0 Å². The van der Waals surface area contributed by atoms with Crippen LogP contribution in [0.5, 0.6) is 0 Å². The number of hydrogen-bond acceptors (Lipinski definition) is 5. The van der Waals surface area contributed by atoms with Gasteiger partial charge in [0.25, 0.3) is 10.0 Å². The van der Waals surface area contributed by atoms with Gasteiger partial charge in [-0.2, -0.15) is 5.26 Å². The smallest absolute Gasteiger partial charge is 0.338 e. The van der Waals surface area contributed by atoms with Gasteiger partial charge in [0.2, 0.25) is 0 Å². The molecule has 152 valence electrons. The van der Waals surface area contributed by atoms with Gasteiger partial charge < -0.3 is 4.74 Å². The first-order valence-electron chi connectivity index (χ1n) is 9.13. The minimum Gasteiger partial charge on any atom is -0.457 e. The van der Waals surface area contributed by atoms with Gasteiger partial charge in [-0.15, -0.1) is 0 Å². The van der Waals surface area contributed by atoms with E-state index in [-0.39, 0.29) is 11.5 Å². The summed E-state index contributed by atoms with van der Waals surface area (Å²) in [4.78, 5) is 12.5. The van der Waals surface area contributed by atoms with Crippen molar-refractivity contribution in [3.8, 4) is 6.07 Å². The zero-order valence-electron chi connectivity index (χ0n) is 16.6. The van der Waals surface area contributed by atoms with Crippen molar-refractivity contribution in [2.75, 3.05) is 11.4 Å². The van der Waals surface area contributed by atoms with Gasteiger partial charge >= 0.3 is 5.97 Å². The Labute approximate surface area is 176 Å². The highest BCUT2D eigenvalue weighted by Crippen LogP contribution is 2.23. The molecular formula is C23H20N2O4S. The summed E-state index contributed by atoms with van der Waals surface area (Å²) in [5, 5.41) is 8.81. The van der Waals surface area contributed by atoms with Crippen molar-refractivity contribution < 1.29 is 17.9 Å². The zero-order valence-corrected chi connectivity index (χ0v) is 17.4. The Morgan fingerprint density at radius 1 is 0.967 bits per heavy atom. The SMILES string of the molecule is Cc1ccc(S(=O)(=O)N(C)c2ccc(C(=O)OCc3ccc(C#N)cc3)cc2)cc1. The van der Waals surface area contributed by atoms with E-state index in [1.54, 1.807) is 60.7 Å². The van der Waals surface area contributed by atoms with Crippen molar-refractivity contribution in [3.63, 3.8) is 0 Å². The Morgan fingerprint density at radius 2 is 1.57 bits per heavy atom. The maximum absolute atomic E-state index is 12.8. The highest BCUT2D eigenvalue weighted by Gasteiger charge is 2.21. The molecule has 0 atom stereocenters. The van der Waals surface area contributed by atoms with Gasteiger partial charge in [0.05, 0.1) is 27.8 Å². The molecular weight excluding hydrogens is 400 g/mol. The Hall–Kier alpha value is -3.63. The largest absolute Gasteiger partial charge is 0.457 e. The summed E-state index contributed by atoms with van der Waals surface area (Å²) >= 11 is 0. The first-order valence-corrected chi connectivity index (χ1v) is 10.6. The average Bonchev–Trinajstić information content (AvgIpc) is 2.77. The van der Waals surface area contributed by atoms with Crippen LogP contribution in [0.4, 0.5) is 5.69 Å². The molecule has 3 aromatic carbocycles. The van der Waals surface area contributed by atoms with E-state index in [1.807, 2.05) is 13.0 Å². The van der Waals surface area contributed by atoms with E-state index in [0.717, 1.165) is 11.1 Å². The van der Waals surface area contributed by atoms with Crippen molar-refractivity contribution in [2.24, 2.45) is 0 Å². The second-order valence-corrected chi connectivity index (χ2v) is 8.69. The summed E-state index contributed by atoms with van der Waals surface area (Å²) < 4.78 is 32.0. The molecule has 0 unspecified atom stereocenters. The molecule has 6 nitrogen and oxygen atoms in total. The summed E-state index contributed by atoms with van der Waals surface area (Å²) in [5.41, 5.74) is 3.02. The second kappa shape index (κ2) is 8.80. The molecule has 0 aliphatic heterocycles. The van der Waals surface area contributed by atoms with E-state index in [1.165, 1.54) is 23.5 Å². The summed E-state index contributed by atoms with van der Waals surface area (Å²) in [7, 11) is -2.23. The molecule has 0 N–H and O–H groups in total. The predicted molar refractivity (Wildman–Crippen MR) is 113 cm³/mol. The molecule has 0 fully saturated rings. The number of sulfonamides is 1. The van der Waals surface area contributed by atoms with Crippen LogP contribution < -0.4 is 4.31 Å². The van der Waals surface area contributed by atoms with E-state index >= 15 is 0 Å². The molecule has 0 saturated heterocycles. The van der Waals surface area contributed by atoms with Crippen LogP contribution in [0.2, 0.25) is 0 Å². The van der Waals surface area contributed by atoms with Crippen LogP contribution in [-0.4, -0.2) is 21.4 Å². The Bertz CT molecular complexity index is 1180. The fraction of sp³-hybridized carbons (Fsp3) is 0.130. The highest BCUT2D eigenvalue weighted by molar-refractivity contribution is 7.92. The van der Waals surface area contributed by atoms with Gasteiger partial charge in [0.15, 0.2) is 0 Å². The molecule has 3 rings (SSSR count). The molecule has 0 aromatic heterocycles. The van der Waals surface area contributed by atoms with Crippen molar-refractivity contribution >= 4 is 21.7 Å². The topological polar surface area (TPSA) is 87.5 Å². The maximum Gasteiger partial charge on any atom is 0.338 e. The van der Waals surface area contributed by atoms with Crippen molar-refractivity contribution in [1.82, 2.24) is 0 Å². The van der Waals surface area contributed by atoms with Gasteiger partial charge in [0, 0.05) is 7.05 Å². The number of nitriles is 1. The average molecular weight is 420 g/mol. The summed E-state index contributed by atoms with van der Waals surface area (Å²) in [5.74, 6) is -0.519. The molecule has 0 heterocycles. The fourth-order valence-electron chi connectivity index (χ4n) is 2.72. The lowest BCUT2D eigenvalue weighted by atomic mass is 10.1. The number of hydrogen-bond donors (Lipinski definition) is 0. The van der Waals surface area contributed by atoms with E-state index < -0.39 is 16.0 Å². The molecule has 7 heteroatoms. The van der Waals surface area contributed by atoms with Crippen molar-refractivity contribution in [2.45, 2.75) is 18.4 Å². The number of rotatable bonds is 6. The van der Waals surface area contributed by atoms with E-state index in [2.05, 4.69) is 0 Å². The fourth-order valence-corrected chi connectivity index (χ4v) is 3.92. The highest BCUT2D eigenvalue weighted by atomic mass is 32.2. The third-order valence-electron chi connectivity index (χ3n) is 4.60. The van der Waals surface area contributed by atoms with Gasteiger partial charge in [-0.05, 0) is 61.0 Å². The van der Waals surface area contributed by atoms with Gasteiger partial charge in [0.1, 0.15) is 6.61 Å². The Morgan fingerprint density at radius 3 is 2.13 bits per heavy atom. The number of carbonyl (C=O) groups excluding carboxylic acids is 1. The number of aryl methyl sites for hydroxylation is 1. The standard InChI is InChI=1S/C23H20N2O4S/c1-17-3-13-22(14-4-17)30(27,28)25(2)21-11-9-20(10-12-21)23(26)29-16-19-7-5-18(15-24)6-8-19/h3-14H,16H2,1-2H3. The molecule has 0 spiro atoms. The molecule has 0 aliphatic carbocycles. The van der Waals surface area contributed by atoms with E-state index in [0.29, 0.717) is 16.8 Å². The van der Waals surface area contributed by atoms with Crippen LogP contribution in [0.3, 0.4) is 0 Å². The van der Waals surface area contributed by atoms with Crippen LogP contribution in [0.1, 0.15) is 27.0 Å². The molecule has 0 amide bonds. The second-order valence-electron chi connectivity index (χ2n) is 6.72. The number of benzene rings is 3. The Balaban J connectivity index is 1.68. The molecule has 30 heavy (non-hydrogen) atoms.